The van der Waals surface area contributed by atoms with Gasteiger partial charge in [-0.3, -0.25) is 9.59 Å². The van der Waals surface area contributed by atoms with E-state index in [9.17, 15) is 18.0 Å². The summed E-state index contributed by atoms with van der Waals surface area (Å²) in [4.78, 5) is 28.6. The zero-order valence-electron chi connectivity index (χ0n) is 22.7. The van der Waals surface area contributed by atoms with E-state index >= 15 is 0 Å². The van der Waals surface area contributed by atoms with Gasteiger partial charge in [-0.2, -0.15) is 0 Å². The molecule has 7 nitrogen and oxygen atoms in total. The fourth-order valence-corrected chi connectivity index (χ4v) is 8.02. The quantitative estimate of drug-likeness (QED) is 0.459. The molecule has 2 aromatic rings. The number of aryl methyl sites for hydroxylation is 1. The van der Waals surface area contributed by atoms with Crippen molar-refractivity contribution in [1.82, 2.24) is 4.72 Å². The molecule has 2 aromatic carbocycles. The van der Waals surface area contributed by atoms with Crippen molar-refractivity contribution in [3.63, 3.8) is 0 Å². The van der Waals surface area contributed by atoms with Crippen LogP contribution in [0.1, 0.15) is 66.9 Å². The monoisotopic (exact) mass is 582 g/mol. The number of fused-ring (bicyclic) bond motifs is 4. The number of benzene rings is 2. The average molecular weight is 583 g/mol. The number of rotatable bonds is 0. The van der Waals surface area contributed by atoms with Crippen LogP contribution in [0, 0.1) is 11.8 Å². The molecular formula is C31H35ClN2O5S. The van der Waals surface area contributed by atoms with E-state index in [0.717, 1.165) is 42.8 Å². The first-order chi connectivity index (χ1) is 19.1. The minimum Gasteiger partial charge on any atom is -0.490 e. The molecule has 1 saturated carbocycles. The Labute approximate surface area is 241 Å². The predicted octanol–water partition coefficient (Wildman–Crippen LogP) is 5.21. The number of nitrogens with one attached hydrogen (secondary N) is 1. The zero-order valence-corrected chi connectivity index (χ0v) is 24.3. The molecule has 0 saturated heterocycles. The van der Waals surface area contributed by atoms with Crippen molar-refractivity contribution >= 4 is 39.0 Å². The number of ether oxygens (including phenoxy) is 1. The fraction of sp³-hybridized carbons (Fsp3) is 0.484. The summed E-state index contributed by atoms with van der Waals surface area (Å²) in [5.41, 5.74) is 3.23. The molecule has 1 fully saturated rings. The van der Waals surface area contributed by atoms with E-state index in [4.69, 9.17) is 16.3 Å². The lowest BCUT2D eigenvalue weighted by Crippen LogP contribution is -2.49. The van der Waals surface area contributed by atoms with Gasteiger partial charge in [0.1, 0.15) is 5.75 Å². The van der Waals surface area contributed by atoms with Gasteiger partial charge in [-0.05, 0) is 105 Å². The molecule has 1 amide bonds. The summed E-state index contributed by atoms with van der Waals surface area (Å²) in [7, 11) is -3.88. The summed E-state index contributed by atoms with van der Waals surface area (Å²) in [5.74, 6) is 0.259. The summed E-state index contributed by atoms with van der Waals surface area (Å²) in [6.45, 7) is 3.39. The highest BCUT2D eigenvalue weighted by Gasteiger charge is 2.44. The highest BCUT2D eigenvalue weighted by molar-refractivity contribution is 7.90. The van der Waals surface area contributed by atoms with E-state index < -0.39 is 21.2 Å². The Balaban J connectivity index is 1.43. The first-order valence-corrected chi connectivity index (χ1v) is 16.1. The number of carbonyl (C=O) groups excluding carboxylic acids is 2. The summed E-state index contributed by atoms with van der Waals surface area (Å²) in [6, 6.07) is 11.3. The summed E-state index contributed by atoms with van der Waals surface area (Å²) in [6.07, 6.45) is 8.92. The lowest BCUT2D eigenvalue weighted by Gasteiger charge is -2.44. The van der Waals surface area contributed by atoms with Crippen LogP contribution in [0.15, 0.2) is 48.6 Å². The van der Waals surface area contributed by atoms with Crippen molar-refractivity contribution in [3.05, 3.63) is 70.3 Å². The van der Waals surface area contributed by atoms with E-state index in [1.165, 1.54) is 11.1 Å². The largest absolute Gasteiger partial charge is 0.490 e. The van der Waals surface area contributed by atoms with Crippen LogP contribution >= 0.6 is 11.6 Å². The Morgan fingerprint density at radius 1 is 1.10 bits per heavy atom. The van der Waals surface area contributed by atoms with Crippen LogP contribution in [-0.4, -0.2) is 45.1 Å². The second-order valence-corrected chi connectivity index (χ2v) is 14.4. The van der Waals surface area contributed by atoms with Gasteiger partial charge in [0, 0.05) is 35.0 Å². The number of hydrogen-bond donors (Lipinski definition) is 1. The average Bonchev–Trinajstić information content (AvgIpc) is 3.05. The van der Waals surface area contributed by atoms with Crippen molar-refractivity contribution in [3.8, 4) is 5.75 Å². The molecule has 2 bridgehead atoms. The molecule has 9 heteroatoms. The number of hydrogen-bond acceptors (Lipinski definition) is 6. The summed E-state index contributed by atoms with van der Waals surface area (Å²) >= 11 is 6.36. The van der Waals surface area contributed by atoms with E-state index in [0.29, 0.717) is 38.3 Å². The number of anilines is 1. The second kappa shape index (κ2) is 10.5. The van der Waals surface area contributed by atoms with E-state index in [1.807, 2.05) is 6.07 Å². The number of amides is 1. The van der Waals surface area contributed by atoms with Crippen molar-refractivity contribution in [2.75, 3.05) is 24.6 Å². The highest BCUT2D eigenvalue weighted by Crippen LogP contribution is 2.46. The molecule has 2 heterocycles. The lowest BCUT2D eigenvalue weighted by molar-refractivity contribution is -0.122. The van der Waals surface area contributed by atoms with Gasteiger partial charge in [-0.25, -0.2) is 13.1 Å². The Morgan fingerprint density at radius 3 is 2.75 bits per heavy atom. The Kier molecular flexibility index (Phi) is 7.20. The molecule has 0 radical (unpaired) electrons. The third-order valence-corrected chi connectivity index (χ3v) is 11.3. The van der Waals surface area contributed by atoms with Crippen LogP contribution in [0.4, 0.5) is 5.69 Å². The maximum absolute atomic E-state index is 13.2. The topological polar surface area (TPSA) is 92.8 Å². The van der Waals surface area contributed by atoms with E-state index in [-0.39, 0.29) is 28.6 Å². The zero-order chi connectivity index (χ0) is 28.1. The minimum absolute atomic E-state index is 0.0576. The third-order valence-electron chi connectivity index (χ3n) is 9.32. The van der Waals surface area contributed by atoms with Gasteiger partial charge in [0.15, 0.2) is 5.78 Å². The van der Waals surface area contributed by atoms with Gasteiger partial charge in [-0.15, -0.1) is 0 Å². The smallest absolute Gasteiger partial charge is 0.264 e. The van der Waals surface area contributed by atoms with Crippen LogP contribution in [0.3, 0.4) is 0 Å². The molecule has 0 aromatic heterocycles. The van der Waals surface area contributed by atoms with Crippen LogP contribution in [-0.2, 0) is 26.7 Å². The van der Waals surface area contributed by atoms with Gasteiger partial charge in [0.2, 0.25) is 10.0 Å². The summed E-state index contributed by atoms with van der Waals surface area (Å²) < 4.78 is 34.5. The van der Waals surface area contributed by atoms with Crippen LogP contribution < -0.4 is 14.4 Å². The van der Waals surface area contributed by atoms with Gasteiger partial charge >= 0.3 is 0 Å². The highest BCUT2D eigenvalue weighted by atomic mass is 35.5. The number of ketones is 1. The number of halogens is 1. The Morgan fingerprint density at radius 2 is 1.95 bits per heavy atom. The molecule has 4 aliphatic rings. The predicted molar refractivity (Wildman–Crippen MR) is 156 cm³/mol. The van der Waals surface area contributed by atoms with Crippen LogP contribution in [0.25, 0.3) is 0 Å². The SMILES string of the molecule is C[C@H]1CC/C=C/C(=O)[C@@H]2CC[C@H]2CN2C[C@@]3(CCCc4cc(Cl)ccc43)COc3ccc(cc32)C(=O)NS1(=O)=O. The summed E-state index contributed by atoms with van der Waals surface area (Å²) in [5, 5.41) is -0.0524. The third kappa shape index (κ3) is 5.05. The first-order valence-electron chi connectivity index (χ1n) is 14.2. The number of sulfonamides is 1. The molecule has 212 valence electrons. The minimum atomic E-state index is -3.88. The van der Waals surface area contributed by atoms with Gasteiger partial charge in [0.05, 0.1) is 17.5 Å². The fourth-order valence-electron chi connectivity index (χ4n) is 6.80. The molecule has 2 aliphatic carbocycles. The first kappa shape index (κ1) is 27.3. The van der Waals surface area contributed by atoms with Crippen molar-refractivity contribution in [1.29, 1.82) is 0 Å². The van der Waals surface area contributed by atoms with Gasteiger partial charge in [-0.1, -0.05) is 23.7 Å². The van der Waals surface area contributed by atoms with E-state index in [1.54, 1.807) is 37.3 Å². The van der Waals surface area contributed by atoms with Crippen LogP contribution in [0.2, 0.25) is 5.02 Å². The molecule has 6 rings (SSSR count). The van der Waals surface area contributed by atoms with Crippen LogP contribution in [0.5, 0.6) is 5.75 Å². The number of carbonyl (C=O) groups is 2. The molecule has 1 spiro atoms. The molecule has 0 unspecified atom stereocenters. The molecule has 1 N–H and O–H groups in total. The lowest BCUT2D eigenvalue weighted by atomic mass is 9.68. The Bertz CT molecular complexity index is 1490. The normalized spacial score (nSPS) is 30.6. The standard InChI is InChI=1S/C31H35ClN2O5S/c1-20-5-2-3-7-28(35)25-11-8-23(25)17-34-18-31(14-4-6-21-15-24(32)10-12-26(21)31)19-39-29-13-9-22(16-27(29)34)30(36)33-40(20,37)38/h3,7,9-10,12-13,15-16,20,23,25H,2,4-6,8,11,14,17-19H2,1H3,(H,33,36)/b7-3+/t20-,23-,25+,31-/m0/s1. The molecular weight excluding hydrogens is 548 g/mol. The number of allylic oxidation sites excluding steroid dienone is 2. The van der Waals surface area contributed by atoms with Gasteiger partial charge < -0.3 is 9.64 Å². The van der Waals surface area contributed by atoms with Gasteiger partial charge in [0.25, 0.3) is 5.91 Å². The maximum atomic E-state index is 13.2. The van der Waals surface area contributed by atoms with Crippen molar-refractivity contribution in [2.24, 2.45) is 11.8 Å². The van der Waals surface area contributed by atoms with E-state index in [2.05, 4.69) is 21.8 Å². The maximum Gasteiger partial charge on any atom is 0.264 e. The second-order valence-electron chi connectivity index (χ2n) is 11.9. The Hall–Kier alpha value is -2.84. The molecule has 2 aliphatic heterocycles. The molecule has 40 heavy (non-hydrogen) atoms. The number of nitrogens with zero attached hydrogens (tertiary/aromatic N) is 1. The molecule has 4 atom stereocenters. The van der Waals surface area contributed by atoms with Crippen molar-refractivity contribution in [2.45, 2.75) is 62.5 Å². The van der Waals surface area contributed by atoms with Crippen molar-refractivity contribution < 1.29 is 22.7 Å².